The lowest BCUT2D eigenvalue weighted by Gasteiger charge is -2.33. The number of aliphatic carboxylic acids is 1. The van der Waals surface area contributed by atoms with Crippen molar-refractivity contribution in [2.24, 2.45) is 5.92 Å². The molecule has 1 atom stereocenters. The molecule has 5 heteroatoms. The minimum Gasteiger partial charge on any atom is -0.481 e. The number of rotatable bonds is 8. The van der Waals surface area contributed by atoms with Crippen LogP contribution in [0.5, 0.6) is 0 Å². The van der Waals surface area contributed by atoms with Crippen LogP contribution < -0.4 is 0 Å². The Morgan fingerprint density at radius 1 is 1.44 bits per heavy atom. The second kappa shape index (κ2) is 7.71. The van der Waals surface area contributed by atoms with Gasteiger partial charge in [-0.2, -0.15) is 0 Å². The summed E-state index contributed by atoms with van der Waals surface area (Å²) in [5, 5.41) is 8.96. The molecule has 0 spiro atoms. The highest BCUT2D eigenvalue weighted by atomic mass is 16.7. The molecule has 1 saturated heterocycles. The number of ether oxygens (including phenoxy) is 3. The lowest BCUT2D eigenvalue weighted by Crippen LogP contribution is -2.38. The monoisotopic (exact) mass is 260 g/mol. The average molecular weight is 260 g/mol. The molecule has 1 unspecified atom stereocenters. The fourth-order valence-electron chi connectivity index (χ4n) is 2.40. The zero-order valence-electron chi connectivity index (χ0n) is 11.3. The second-order valence-electron chi connectivity index (χ2n) is 4.71. The Balaban J connectivity index is 2.50. The van der Waals surface area contributed by atoms with Crippen molar-refractivity contribution in [2.75, 3.05) is 26.9 Å². The maximum absolute atomic E-state index is 10.9. The van der Waals surface area contributed by atoms with Crippen LogP contribution in [0.3, 0.4) is 0 Å². The van der Waals surface area contributed by atoms with Gasteiger partial charge >= 0.3 is 5.97 Å². The van der Waals surface area contributed by atoms with E-state index in [2.05, 4.69) is 0 Å². The van der Waals surface area contributed by atoms with E-state index in [0.717, 1.165) is 32.5 Å². The zero-order valence-corrected chi connectivity index (χ0v) is 11.3. The van der Waals surface area contributed by atoms with E-state index in [9.17, 15) is 4.79 Å². The third-order valence-electron chi connectivity index (χ3n) is 3.47. The first-order valence-corrected chi connectivity index (χ1v) is 6.60. The summed E-state index contributed by atoms with van der Waals surface area (Å²) in [5.41, 5.74) is 0. The summed E-state index contributed by atoms with van der Waals surface area (Å²) in [7, 11) is 1.52. The molecule has 106 valence electrons. The van der Waals surface area contributed by atoms with Gasteiger partial charge < -0.3 is 19.3 Å². The minimum absolute atomic E-state index is 0.111. The first-order chi connectivity index (χ1) is 8.62. The fourth-order valence-corrected chi connectivity index (χ4v) is 2.40. The summed E-state index contributed by atoms with van der Waals surface area (Å²) in [6.07, 6.45) is 3.51. The number of hydrogen-bond acceptors (Lipinski definition) is 4. The van der Waals surface area contributed by atoms with Gasteiger partial charge in [-0.05, 0) is 32.1 Å². The molecule has 0 aliphatic carbocycles. The van der Waals surface area contributed by atoms with Crippen LogP contribution in [0.4, 0.5) is 0 Å². The lowest BCUT2D eigenvalue weighted by atomic mass is 9.91. The zero-order chi connectivity index (χ0) is 13.4. The smallest absolute Gasteiger partial charge is 0.308 e. The van der Waals surface area contributed by atoms with Gasteiger partial charge in [-0.1, -0.05) is 0 Å². The molecule has 1 aliphatic rings. The molecule has 1 rings (SSSR count). The molecule has 1 heterocycles. The van der Waals surface area contributed by atoms with E-state index in [-0.39, 0.29) is 6.42 Å². The maximum atomic E-state index is 10.9. The summed E-state index contributed by atoms with van der Waals surface area (Å²) in [5.74, 6) is -1.28. The molecule has 0 saturated carbocycles. The molecule has 0 bridgehead atoms. The number of carboxylic acids is 1. The predicted octanol–water partition coefficient (Wildman–Crippen LogP) is 2.05. The minimum atomic E-state index is -0.973. The van der Waals surface area contributed by atoms with E-state index < -0.39 is 11.8 Å². The van der Waals surface area contributed by atoms with Crippen LogP contribution in [-0.4, -0.2) is 43.8 Å². The Hall–Kier alpha value is -0.650. The molecule has 1 aliphatic heterocycles. The topological polar surface area (TPSA) is 65.0 Å². The van der Waals surface area contributed by atoms with Gasteiger partial charge in [-0.25, -0.2) is 0 Å². The first kappa shape index (κ1) is 15.4. The molecular weight excluding hydrogens is 236 g/mol. The van der Waals surface area contributed by atoms with Crippen LogP contribution in [0.15, 0.2) is 0 Å². The lowest BCUT2D eigenvalue weighted by molar-refractivity contribution is -0.232. The highest BCUT2D eigenvalue weighted by Gasteiger charge is 2.34. The number of carboxylic acid groups (broad SMARTS) is 1. The summed E-state index contributed by atoms with van der Waals surface area (Å²) >= 11 is 0. The van der Waals surface area contributed by atoms with Gasteiger partial charge in [0.25, 0.3) is 0 Å². The molecular formula is C13H24O5. The Morgan fingerprint density at radius 3 is 2.61 bits per heavy atom. The van der Waals surface area contributed by atoms with E-state index in [1.807, 2.05) is 6.92 Å². The largest absolute Gasteiger partial charge is 0.481 e. The fraction of sp³-hybridized carbons (Fsp3) is 0.923. The van der Waals surface area contributed by atoms with E-state index in [1.54, 1.807) is 0 Å². The maximum Gasteiger partial charge on any atom is 0.308 e. The highest BCUT2D eigenvalue weighted by molar-refractivity contribution is 5.67. The normalized spacial score (nSPS) is 20.6. The van der Waals surface area contributed by atoms with Gasteiger partial charge in [-0.15, -0.1) is 0 Å². The Labute approximate surface area is 108 Å². The second-order valence-corrected chi connectivity index (χ2v) is 4.71. The number of carbonyl (C=O) groups is 1. The van der Waals surface area contributed by atoms with Crippen molar-refractivity contribution in [3.63, 3.8) is 0 Å². The molecule has 0 aromatic rings. The van der Waals surface area contributed by atoms with E-state index in [4.69, 9.17) is 19.3 Å². The van der Waals surface area contributed by atoms with Crippen LogP contribution in [0.2, 0.25) is 0 Å². The molecule has 0 aromatic heterocycles. The van der Waals surface area contributed by atoms with E-state index in [1.165, 1.54) is 7.11 Å². The van der Waals surface area contributed by atoms with Gasteiger partial charge in [0.2, 0.25) is 0 Å². The van der Waals surface area contributed by atoms with Crippen molar-refractivity contribution in [2.45, 2.75) is 44.8 Å². The average Bonchev–Trinajstić information content (AvgIpc) is 2.37. The van der Waals surface area contributed by atoms with Crippen molar-refractivity contribution in [1.82, 2.24) is 0 Å². The van der Waals surface area contributed by atoms with Gasteiger partial charge in [-0.3, -0.25) is 4.79 Å². The Morgan fingerprint density at radius 2 is 2.11 bits per heavy atom. The first-order valence-electron chi connectivity index (χ1n) is 6.60. The molecule has 1 fully saturated rings. The van der Waals surface area contributed by atoms with Crippen LogP contribution in [0, 0.1) is 5.92 Å². The van der Waals surface area contributed by atoms with Gasteiger partial charge in [0, 0.05) is 33.4 Å². The van der Waals surface area contributed by atoms with Crippen LogP contribution in [-0.2, 0) is 19.0 Å². The van der Waals surface area contributed by atoms with Crippen molar-refractivity contribution >= 4 is 5.97 Å². The van der Waals surface area contributed by atoms with E-state index >= 15 is 0 Å². The standard InChI is InChI=1S/C13H24O5/c1-3-18-13(16-2,10-12(14)15)7-4-11-5-8-17-9-6-11/h11H,3-10H2,1-2H3,(H,14,15). The molecule has 5 nitrogen and oxygen atoms in total. The molecule has 0 aromatic carbocycles. The SMILES string of the molecule is CCOC(CCC1CCOCC1)(CC(=O)O)OC. The van der Waals surface area contributed by atoms with Gasteiger partial charge in [0.05, 0.1) is 6.42 Å². The van der Waals surface area contributed by atoms with Crippen molar-refractivity contribution < 1.29 is 24.1 Å². The van der Waals surface area contributed by atoms with Crippen molar-refractivity contribution in [3.8, 4) is 0 Å². The third-order valence-corrected chi connectivity index (χ3v) is 3.47. The highest BCUT2D eigenvalue weighted by Crippen LogP contribution is 2.29. The van der Waals surface area contributed by atoms with Crippen LogP contribution >= 0.6 is 0 Å². The summed E-state index contributed by atoms with van der Waals surface area (Å²) in [4.78, 5) is 10.9. The summed E-state index contributed by atoms with van der Waals surface area (Å²) < 4.78 is 16.2. The predicted molar refractivity (Wildman–Crippen MR) is 66.4 cm³/mol. The Kier molecular flexibility index (Phi) is 6.60. The molecule has 1 N–H and O–H groups in total. The molecule has 18 heavy (non-hydrogen) atoms. The molecule has 0 radical (unpaired) electrons. The Bertz CT molecular complexity index is 250. The van der Waals surface area contributed by atoms with Gasteiger partial charge in [0.15, 0.2) is 5.79 Å². The molecule has 0 amide bonds. The van der Waals surface area contributed by atoms with Crippen LogP contribution in [0.25, 0.3) is 0 Å². The number of hydrogen-bond donors (Lipinski definition) is 1. The summed E-state index contributed by atoms with van der Waals surface area (Å²) in [6.45, 7) is 3.91. The number of methoxy groups -OCH3 is 1. The van der Waals surface area contributed by atoms with Gasteiger partial charge in [0.1, 0.15) is 0 Å². The summed E-state index contributed by atoms with van der Waals surface area (Å²) in [6, 6.07) is 0. The quantitative estimate of drug-likeness (QED) is 0.677. The van der Waals surface area contributed by atoms with E-state index in [0.29, 0.717) is 18.9 Å². The third kappa shape index (κ3) is 4.92. The van der Waals surface area contributed by atoms with Crippen molar-refractivity contribution in [1.29, 1.82) is 0 Å². The van der Waals surface area contributed by atoms with Crippen molar-refractivity contribution in [3.05, 3.63) is 0 Å². The van der Waals surface area contributed by atoms with Crippen LogP contribution in [0.1, 0.15) is 39.0 Å².